The summed E-state index contributed by atoms with van der Waals surface area (Å²) in [5.74, 6) is 1.99. The highest BCUT2D eigenvalue weighted by atomic mass is 35.5. The normalized spacial score (nSPS) is 10.6. The summed E-state index contributed by atoms with van der Waals surface area (Å²) in [6.45, 7) is 19.9. The van der Waals surface area contributed by atoms with Gasteiger partial charge in [0.25, 0.3) is 0 Å². The van der Waals surface area contributed by atoms with Crippen LogP contribution in [0.25, 0.3) is 0 Å². The zero-order valence-corrected chi connectivity index (χ0v) is 35.0. The molecule has 59 heavy (non-hydrogen) atoms. The van der Waals surface area contributed by atoms with Crippen LogP contribution in [0.5, 0.6) is 23.0 Å². The van der Waals surface area contributed by atoms with Crippen LogP contribution in [-0.4, -0.2) is 80.2 Å². The van der Waals surface area contributed by atoms with Crippen molar-refractivity contribution in [1.29, 1.82) is 0 Å². The molecular weight excluding hydrogens is 776 g/mol. The van der Waals surface area contributed by atoms with Crippen LogP contribution in [0, 0.1) is 0 Å². The summed E-state index contributed by atoms with van der Waals surface area (Å²) in [6.07, 6.45) is 3.29. The number of carbonyl (C=O) groups is 3. The Hall–Kier alpha value is -5.88. The van der Waals surface area contributed by atoms with Crippen LogP contribution in [0.15, 0.2) is 135 Å². The fourth-order valence-electron chi connectivity index (χ4n) is 5.25. The minimum atomic E-state index is -0.509. The highest BCUT2D eigenvalue weighted by Crippen LogP contribution is 2.34. The van der Waals surface area contributed by atoms with Gasteiger partial charge in [-0.15, -0.1) is 0 Å². The van der Waals surface area contributed by atoms with Gasteiger partial charge in [0.1, 0.15) is 62.6 Å². The quantitative estimate of drug-likeness (QED) is 0.0365. The molecule has 0 unspecified atom stereocenters. The third-order valence-corrected chi connectivity index (χ3v) is 8.86. The Labute approximate surface area is 352 Å². The number of carbonyl (C=O) groups excluding carboxylic acids is 3. The maximum Gasteiger partial charge on any atom is 0.330 e. The molecule has 0 aliphatic heterocycles. The van der Waals surface area contributed by atoms with Crippen LogP contribution < -0.4 is 18.9 Å². The molecule has 0 saturated carbocycles. The molecule has 11 nitrogen and oxygen atoms in total. The highest BCUT2D eigenvalue weighted by Gasteiger charge is 2.24. The minimum absolute atomic E-state index is 0.0119. The van der Waals surface area contributed by atoms with Gasteiger partial charge in [0.2, 0.25) is 5.24 Å². The Kier molecular flexibility index (Phi) is 21.9. The van der Waals surface area contributed by atoms with Gasteiger partial charge < -0.3 is 38.6 Å². The van der Waals surface area contributed by atoms with E-state index < -0.39 is 17.2 Å². The summed E-state index contributed by atoms with van der Waals surface area (Å²) in [7, 11) is 0. The predicted octanol–water partition coefficient (Wildman–Crippen LogP) is 7.92. The lowest BCUT2D eigenvalue weighted by Crippen LogP contribution is -2.19. The molecule has 0 atom stereocenters. The zero-order chi connectivity index (χ0) is 43.7. The average Bonchev–Trinajstić information content (AvgIpc) is 3.26. The van der Waals surface area contributed by atoms with Gasteiger partial charge in [-0.25, -0.2) is 9.59 Å². The smallest absolute Gasteiger partial charge is 0.330 e. The number of allylic oxidation sites excluding steroid dienone is 1. The SMILES string of the molecule is C=CC(=O)Cl.C=CC(=O)OCCOc1ccc(C(C)(C)c2ccc(OCCOC(=O)C=C)cc2)cc1.CC(C)(c1ccc(OCCO)cc1)c1ccc(OCCO)cc1. The number of esters is 2. The molecule has 12 heteroatoms. The molecule has 0 aromatic heterocycles. The number of aliphatic hydroxyl groups excluding tert-OH is 2. The van der Waals surface area contributed by atoms with Gasteiger partial charge in [0.05, 0.1) is 13.2 Å². The van der Waals surface area contributed by atoms with E-state index in [1.54, 1.807) is 0 Å². The van der Waals surface area contributed by atoms with Gasteiger partial charge in [-0.2, -0.15) is 0 Å². The molecule has 0 spiro atoms. The van der Waals surface area contributed by atoms with E-state index in [0.717, 1.165) is 40.9 Å². The summed E-state index contributed by atoms with van der Waals surface area (Å²) >= 11 is 4.71. The van der Waals surface area contributed by atoms with Gasteiger partial charge >= 0.3 is 11.9 Å². The van der Waals surface area contributed by atoms with E-state index in [1.807, 2.05) is 97.1 Å². The molecule has 0 amide bonds. The molecule has 0 aliphatic rings. The predicted molar refractivity (Wildman–Crippen MR) is 230 cm³/mol. The lowest BCUT2D eigenvalue weighted by atomic mass is 9.78. The summed E-state index contributed by atoms with van der Waals surface area (Å²) in [4.78, 5) is 31.5. The molecule has 0 fully saturated rings. The summed E-state index contributed by atoms with van der Waals surface area (Å²) in [5, 5.41) is 17.1. The largest absolute Gasteiger partial charge is 0.491 e. The van der Waals surface area contributed by atoms with Crippen molar-refractivity contribution in [2.24, 2.45) is 0 Å². The van der Waals surface area contributed by atoms with Gasteiger partial charge in [0, 0.05) is 23.0 Å². The molecule has 4 aromatic rings. The first-order chi connectivity index (χ1) is 28.2. The van der Waals surface area contributed by atoms with E-state index in [9.17, 15) is 14.4 Å². The average molecular weight is 831 g/mol. The van der Waals surface area contributed by atoms with Gasteiger partial charge in [0.15, 0.2) is 0 Å². The monoisotopic (exact) mass is 830 g/mol. The molecule has 4 rings (SSSR count). The Balaban J connectivity index is 0.000000377. The van der Waals surface area contributed by atoms with Crippen LogP contribution in [0.4, 0.5) is 0 Å². The van der Waals surface area contributed by atoms with E-state index >= 15 is 0 Å². The van der Waals surface area contributed by atoms with Crippen molar-refractivity contribution >= 4 is 28.8 Å². The summed E-state index contributed by atoms with van der Waals surface area (Å²) in [6, 6.07) is 31.5. The molecule has 0 saturated heterocycles. The van der Waals surface area contributed by atoms with Crippen LogP contribution in [0.2, 0.25) is 0 Å². The molecule has 4 aromatic carbocycles. The van der Waals surface area contributed by atoms with Crippen molar-refractivity contribution in [2.75, 3.05) is 52.9 Å². The standard InChI is InChI=1S/C25H28O6.C19H24O4.C3H3ClO/c1-5-23(26)30-17-15-28-21-11-7-19(8-12-21)25(3,4)20-9-13-22(14-10-20)29-16-18-31-24(27)6-2;1-19(2,15-3-7-17(8-4-15)22-13-11-20)16-5-9-18(10-6-16)23-14-12-21;1-2-3(4)5/h5-14H,1-2,15-18H2,3-4H3;3-10,20-21H,11-14H2,1-2H3;2H,1H2. The second kappa shape index (κ2) is 26.2. The van der Waals surface area contributed by atoms with Crippen LogP contribution in [-0.2, 0) is 34.7 Å². The third-order valence-electron chi connectivity index (χ3n) is 8.71. The number of rotatable bonds is 21. The van der Waals surface area contributed by atoms with Gasteiger partial charge in [-0.1, -0.05) is 96.0 Å². The number of ether oxygens (including phenoxy) is 6. The third kappa shape index (κ3) is 17.7. The summed E-state index contributed by atoms with van der Waals surface area (Å²) in [5.41, 5.74) is 4.24. The van der Waals surface area contributed by atoms with Gasteiger partial charge in [-0.05, 0) is 88.5 Å². The molecule has 0 bridgehead atoms. The Morgan fingerprint density at radius 1 is 0.475 bits per heavy atom. The maximum absolute atomic E-state index is 11.0. The second-order valence-electron chi connectivity index (χ2n) is 13.4. The van der Waals surface area contributed by atoms with E-state index in [1.165, 1.54) is 11.1 Å². The second-order valence-corrected chi connectivity index (χ2v) is 13.8. The van der Waals surface area contributed by atoms with Crippen molar-refractivity contribution in [1.82, 2.24) is 0 Å². The van der Waals surface area contributed by atoms with Gasteiger partial charge in [-0.3, -0.25) is 4.79 Å². The molecule has 0 radical (unpaired) electrons. The van der Waals surface area contributed by atoms with Crippen LogP contribution in [0.1, 0.15) is 49.9 Å². The van der Waals surface area contributed by atoms with Crippen molar-refractivity contribution in [3.8, 4) is 23.0 Å². The number of hydrogen-bond donors (Lipinski definition) is 2. The molecular formula is C47H55ClO11. The van der Waals surface area contributed by atoms with E-state index in [2.05, 4.69) is 47.4 Å². The van der Waals surface area contributed by atoms with E-state index in [4.69, 9.17) is 50.2 Å². The molecule has 2 N–H and O–H groups in total. The first-order valence-electron chi connectivity index (χ1n) is 18.8. The Morgan fingerprint density at radius 2 is 0.712 bits per heavy atom. The first-order valence-corrected chi connectivity index (χ1v) is 19.1. The molecule has 0 heterocycles. The molecule has 316 valence electrons. The van der Waals surface area contributed by atoms with Crippen molar-refractivity contribution in [3.05, 3.63) is 157 Å². The topological polar surface area (TPSA) is 147 Å². The van der Waals surface area contributed by atoms with Crippen LogP contribution in [0.3, 0.4) is 0 Å². The van der Waals surface area contributed by atoms with E-state index in [-0.39, 0.29) is 50.5 Å². The minimum Gasteiger partial charge on any atom is -0.491 e. The summed E-state index contributed by atoms with van der Waals surface area (Å²) < 4.78 is 31.8. The molecule has 0 aliphatic carbocycles. The first kappa shape index (κ1) is 49.3. The van der Waals surface area contributed by atoms with Crippen LogP contribution >= 0.6 is 11.6 Å². The fourth-order valence-corrected chi connectivity index (χ4v) is 5.25. The van der Waals surface area contributed by atoms with Crippen molar-refractivity contribution < 1.29 is 53.0 Å². The zero-order valence-electron chi connectivity index (χ0n) is 34.2. The lowest BCUT2D eigenvalue weighted by molar-refractivity contribution is -0.139. The van der Waals surface area contributed by atoms with E-state index in [0.29, 0.717) is 24.7 Å². The highest BCUT2D eigenvalue weighted by molar-refractivity contribution is 6.66. The Morgan fingerprint density at radius 3 is 0.915 bits per heavy atom. The number of aliphatic hydroxyl groups is 2. The fraction of sp³-hybridized carbons (Fsp3) is 0.298. The number of benzene rings is 4. The Bertz CT molecular complexity index is 1760. The van der Waals surface area contributed by atoms with Crippen molar-refractivity contribution in [2.45, 2.75) is 38.5 Å². The number of halogens is 1. The number of hydrogen-bond acceptors (Lipinski definition) is 11. The van der Waals surface area contributed by atoms with Crippen molar-refractivity contribution in [3.63, 3.8) is 0 Å². The maximum atomic E-state index is 11.0. The lowest BCUT2D eigenvalue weighted by Gasteiger charge is -2.26.